The van der Waals surface area contributed by atoms with Crippen LogP contribution >= 0.6 is 27.3 Å². The van der Waals surface area contributed by atoms with Crippen LogP contribution in [-0.4, -0.2) is 36.1 Å². The number of piperazine rings is 1. The summed E-state index contributed by atoms with van der Waals surface area (Å²) in [6.07, 6.45) is 8.20. The Labute approximate surface area is 135 Å². The monoisotopic (exact) mass is 356 g/mol. The smallest absolute Gasteiger partial charge is 0.0701 e. The molecule has 3 rings (SSSR count). The summed E-state index contributed by atoms with van der Waals surface area (Å²) in [5, 5.41) is 3.87. The summed E-state index contributed by atoms with van der Waals surface area (Å²) in [5.41, 5.74) is 0.431. The minimum atomic E-state index is 0.431. The van der Waals surface area contributed by atoms with Crippen molar-refractivity contribution in [2.45, 2.75) is 57.0 Å². The molecule has 2 fully saturated rings. The Kier molecular flexibility index (Phi) is 4.86. The van der Waals surface area contributed by atoms with Gasteiger partial charge in [-0.25, -0.2) is 0 Å². The van der Waals surface area contributed by atoms with Crippen molar-refractivity contribution in [3.8, 4) is 0 Å². The topological polar surface area (TPSA) is 15.3 Å². The van der Waals surface area contributed by atoms with E-state index in [1.807, 2.05) is 11.3 Å². The Balaban J connectivity index is 1.59. The van der Waals surface area contributed by atoms with Gasteiger partial charge in [-0.15, -0.1) is 11.3 Å². The van der Waals surface area contributed by atoms with Crippen molar-refractivity contribution in [1.29, 1.82) is 0 Å². The molecular weight excluding hydrogens is 332 g/mol. The van der Waals surface area contributed by atoms with E-state index in [4.69, 9.17) is 0 Å². The summed E-state index contributed by atoms with van der Waals surface area (Å²) in [5.74, 6) is 0. The first kappa shape index (κ1) is 15.0. The first-order chi connectivity index (χ1) is 9.67. The molecule has 1 atom stereocenters. The maximum Gasteiger partial charge on any atom is 0.0701 e. The van der Waals surface area contributed by atoms with Gasteiger partial charge in [0, 0.05) is 36.1 Å². The Morgan fingerprint density at radius 3 is 2.85 bits per heavy atom. The summed E-state index contributed by atoms with van der Waals surface area (Å²) in [7, 11) is 0. The molecule has 1 aromatic heterocycles. The maximum absolute atomic E-state index is 3.87. The zero-order valence-electron chi connectivity index (χ0n) is 12.3. The normalized spacial score (nSPS) is 27.0. The van der Waals surface area contributed by atoms with Crippen molar-refractivity contribution >= 4 is 27.3 Å². The van der Waals surface area contributed by atoms with E-state index in [9.17, 15) is 0 Å². The number of hydrogen-bond donors (Lipinski definition) is 1. The van der Waals surface area contributed by atoms with Crippen molar-refractivity contribution < 1.29 is 0 Å². The van der Waals surface area contributed by atoms with Crippen LogP contribution in [-0.2, 0) is 6.42 Å². The molecule has 2 heterocycles. The number of nitrogens with one attached hydrogen (secondary N) is 1. The van der Waals surface area contributed by atoms with Gasteiger partial charge in [-0.3, -0.25) is 4.90 Å². The molecule has 20 heavy (non-hydrogen) atoms. The molecule has 0 aromatic carbocycles. The minimum absolute atomic E-state index is 0.431. The minimum Gasteiger partial charge on any atom is -0.308 e. The molecule has 1 aliphatic heterocycles. The highest BCUT2D eigenvalue weighted by Gasteiger charge is 2.38. The average molecular weight is 357 g/mol. The molecular formula is C16H25BrN2S. The quantitative estimate of drug-likeness (QED) is 0.878. The predicted octanol–water partition coefficient (Wildman–Crippen LogP) is 4.05. The van der Waals surface area contributed by atoms with Crippen molar-refractivity contribution in [3.63, 3.8) is 0 Å². The Morgan fingerprint density at radius 2 is 2.15 bits per heavy atom. The summed E-state index contributed by atoms with van der Waals surface area (Å²) in [4.78, 5) is 4.22. The van der Waals surface area contributed by atoms with Crippen LogP contribution in [0.4, 0.5) is 0 Å². The third kappa shape index (κ3) is 3.46. The van der Waals surface area contributed by atoms with Crippen LogP contribution in [0.1, 0.15) is 43.9 Å². The number of rotatable bonds is 3. The van der Waals surface area contributed by atoms with Crippen LogP contribution in [0, 0.1) is 0 Å². The molecule has 1 saturated carbocycles. The summed E-state index contributed by atoms with van der Waals surface area (Å²) < 4.78 is 1.25. The van der Waals surface area contributed by atoms with E-state index in [2.05, 4.69) is 45.2 Å². The molecule has 0 bridgehead atoms. The lowest BCUT2D eigenvalue weighted by Gasteiger charge is -2.49. The first-order valence-corrected chi connectivity index (χ1v) is 9.51. The van der Waals surface area contributed by atoms with E-state index < -0.39 is 0 Å². The Morgan fingerprint density at radius 1 is 1.35 bits per heavy atom. The summed E-state index contributed by atoms with van der Waals surface area (Å²) in [6.45, 7) is 5.99. The lowest BCUT2D eigenvalue weighted by molar-refractivity contribution is 0.0639. The Bertz CT molecular complexity index is 439. The average Bonchev–Trinajstić information content (AvgIpc) is 2.87. The van der Waals surface area contributed by atoms with Gasteiger partial charge in [0.05, 0.1) is 3.79 Å². The van der Waals surface area contributed by atoms with E-state index in [1.54, 1.807) is 0 Å². The molecule has 1 saturated heterocycles. The van der Waals surface area contributed by atoms with Crippen LogP contribution in [0.2, 0.25) is 0 Å². The molecule has 1 spiro atoms. The van der Waals surface area contributed by atoms with Crippen LogP contribution in [0.15, 0.2) is 15.9 Å². The molecule has 1 unspecified atom stereocenters. The lowest BCUT2D eigenvalue weighted by Crippen LogP contribution is -2.64. The van der Waals surface area contributed by atoms with Crippen LogP contribution in [0.25, 0.3) is 0 Å². The molecule has 112 valence electrons. The predicted molar refractivity (Wildman–Crippen MR) is 90.6 cm³/mol. The zero-order valence-corrected chi connectivity index (χ0v) is 14.7. The molecule has 1 aromatic rings. The highest BCUT2D eigenvalue weighted by molar-refractivity contribution is 9.11. The molecule has 0 radical (unpaired) electrons. The SMILES string of the molecule is CC1CNC2(CCCCC2)CN1CCc1ccc(Br)s1. The highest BCUT2D eigenvalue weighted by Crippen LogP contribution is 2.32. The van der Waals surface area contributed by atoms with E-state index in [0.717, 1.165) is 6.54 Å². The van der Waals surface area contributed by atoms with Gasteiger partial charge in [-0.2, -0.15) is 0 Å². The van der Waals surface area contributed by atoms with E-state index in [-0.39, 0.29) is 0 Å². The van der Waals surface area contributed by atoms with Crippen molar-refractivity contribution in [1.82, 2.24) is 10.2 Å². The highest BCUT2D eigenvalue weighted by atomic mass is 79.9. The largest absolute Gasteiger partial charge is 0.308 e. The summed E-state index contributed by atoms with van der Waals surface area (Å²) in [6, 6.07) is 5.10. The standard InChI is InChI=1S/C16H25BrN2S/c1-13-11-18-16(8-3-2-4-9-16)12-19(13)10-7-14-5-6-15(17)20-14/h5-6,13,18H,2-4,7-12H2,1H3. The second-order valence-corrected chi connectivity index (χ2v) is 9.04. The lowest BCUT2D eigenvalue weighted by atomic mass is 9.79. The maximum atomic E-state index is 3.87. The van der Waals surface area contributed by atoms with Crippen LogP contribution in [0.3, 0.4) is 0 Å². The third-order valence-corrected chi connectivity index (χ3v) is 6.67. The number of thiophene rings is 1. The van der Waals surface area contributed by atoms with Gasteiger partial charge >= 0.3 is 0 Å². The van der Waals surface area contributed by atoms with Gasteiger partial charge in [-0.1, -0.05) is 19.3 Å². The number of hydrogen-bond acceptors (Lipinski definition) is 3. The van der Waals surface area contributed by atoms with Gasteiger partial charge in [-0.05, 0) is 54.2 Å². The van der Waals surface area contributed by atoms with E-state index in [0.29, 0.717) is 11.6 Å². The number of halogens is 1. The second kappa shape index (κ2) is 6.47. The summed E-state index contributed by atoms with van der Waals surface area (Å²) >= 11 is 5.44. The third-order valence-electron chi connectivity index (χ3n) is 4.99. The van der Waals surface area contributed by atoms with Gasteiger partial charge in [0.2, 0.25) is 0 Å². The fourth-order valence-corrected chi connectivity index (χ4v) is 5.17. The molecule has 2 nitrogen and oxygen atoms in total. The first-order valence-electron chi connectivity index (χ1n) is 7.90. The second-order valence-electron chi connectivity index (χ2n) is 6.50. The van der Waals surface area contributed by atoms with Crippen molar-refractivity contribution in [2.75, 3.05) is 19.6 Å². The molecule has 0 amide bonds. The van der Waals surface area contributed by atoms with Crippen LogP contribution in [0.5, 0.6) is 0 Å². The van der Waals surface area contributed by atoms with Crippen LogP contribution < -0.4 is 5.32 Å². The van der Waals surface area contributed by atoms with Gasteiger partial charge in [0.25, 0.3) is 0 Å². The van der Waals surface area contributed by atoms with E-state index >= 15 is 0 Å². The fraction of sp³-hybridized carbons (Fsp3) is 0.750. The molecule has 1 aliphatic carbocycles. The molecule has 4 heteroatoms. The fourth-order valence-electron chi connectivity index (χ4n) is 3.70. The van der Waals surface area contributed by atoms with Crippen molar-refractivity contribution in [3.05, 3.63) is 20.8 Å². The van der Waals surface area contributed by atoms with Gasteiger partial charge < -0.3 is 5.32 Å². The van der Waals surface area contributed by atoms with Gasteiger partial charge in [0.1, 0.15) is 0 Å². The number of nitrogens with zero attached hydrogens (tertiary/aromatic N) is 1. The van der Waals surface area contributed by atoms with Crippen molar-refractivity contribution in [2.24, 2.45) is 0 Å². The molecule has 2 aliphatic rings. The molecule has 1 N–H and O–H groups in total. The zero-order chi connectivity index (χ0) is 14.0. The van der Waals surface area contributed by atoms with E-state index in [1.165, 1.54) is 60.3 Å². The van der Waals surface area contributed by atoms with Gasteiger partial charge in [0.15, 0.2) is 0 Å². The Hall–Kier alpha value is 0.1000.